The summed E-state index contributed by atoms with van der Waals surface area (Å²) >= 11 is 0. The van der Waals surface area contributed by atoms with Gasteiger partial charge in [0.2, 0.25) is 0 Å². The average Bonchev–Trinajstić information content (AvgIpc) is 1.97. The Bertz CT molecular complexity index is 49.5. The molecule has 0 aliphatic rings. The van der Waals surface area contributed by atoms with Crippen LogP contribution in [0.2, 0.25) is 0 Å². The zero-order valence-corrected chi connectivity index (χ0v) is 7.10. The van der Waals surface area contributed by atoms with Crippen LogP contribution in [0.3, 0.4) is 0 Å². The van der Waals surface area contributed by atoms with Crippen LogP contribution in [0, 0.1) is 0 Å². The second kappa shape index (κ2) is 13.3. The van der Waals surface area contributed by atoms with Gasteiger partial charge >= 0.3 is 23.1 Å². The normalized spacial score (nSPS) is 9.27. The molecule has 0 amide bonds. The van der Waals surface area contributed by atoms with Crippen molar-refractivity contribution in [2.24, 2.45) is 0 Å². The van der Waals surface area contributed by atoms with E-state index in [4.69, 9.17) is 5.11 Å². The van der Waals surface area contributed by atoms with Gasteiger partial charge in [0.15, 0.2) is 0 Å². The van der Waals surface area contributed by atoms with Crippen molar-refractivity contribution in [3.63, 3.8) is 0 Å². The highest BCUT2D eigenvalue weighted by Crippen LogP contribution is 2.05. The second-order valence-corrected chi connectivity index (χ2v) is 2.84. The summed E-state index contributed by atoms with van der Waals surface area (Å²) in [6.07, 6.45) is 8.93. The molecule has 0 fully saturated rings. The Hall–Kier alpha value is 0.726. The van der Waals surface area contributed by atoms with Crippen LogP contribution in [0.1, 0.15) is 51.9 Å². The van der Waals surface area contributed by atoms with Gasteiger partial charge in [-0.2, -0.15) is 0 Å². The van der Waals surface area contributed by atoms with E-state index >= 15 is 0 Å². The minimum absolute atomic E-state index is 0. The Morgan fingerprint density at radius 2 is 1.27 bits per heavy atom. The van der Waals surface area contributed by atoms with Crippen LogP contribution in [0.5, 0.6) is 0 Å². The zero-order chi connectivity index (χ0) is 7.66. The van der Waals surface area contributed by atoms with Crippen molar-refractivity contribution in [3.05, 3.63) is 0 Å². The number of aliphatic hydroxyl groups is 1. The Kier molecular flexibility index (Phi) is 17.3. The first kappa shape index (κ1) is 14.3. The van der Waals surface area contributed by atoms with E-state index in [0.717, 1.165) is 6.42 Å². The van der Waals surface area contributed by atoms with Gasteiger partial charge in [0.1, 0.15) is 0 Å². The molecule has 0 unspecified atom stereocenters. The van der Waals surface area contributed by atoms with Crippen LogP contribution in [-0.2, 0) is 0 Å². The minimum atomic E-state index is 0. The SMILES string of the molecule is CCCCCCCCCO.[MgH2]. The van der Waals surface area contributed by atoms with Crippen molar-refractivity contribution in [2.45, 2.75) is 51.9 Å². The van der Waals surface area contributed by atoms with Crippen molar-refractivity contribution in [1.82, 2.24) is 0 Å². The Balaban J connectivity index is 0. The lowest BCUT2D eigenvalue weighted by atomic mass is 10.1. The van der Waals surface area contributed by atoms with Gasteiger partial charge in [-0.15, -0.1) is 0 Å². The summed E-state index contributed by atoms with van der Waals surface area (Å²) in [6, 6.07) is 0. The van der Waals surface area contributed by atoms with Crippen molar-refractivity contribution in [3.8, 4) is 0 Å². The van der Waals surface area contributed by atoms with Gasteiger partial charge in [-0.05, 0) is 6.42 Å². The van der Waals surface area contributed by atoms with Gasteiger partial charge in [0, 0.05) is 6.61 Å². The summed E-state index contributed by atoms with van der Waals surface area (Å²) < 4.78 is 0. The fraction of sp³-hybridized carbons (Fsp3) is 1.00. The highest BCUT2D eigenvalue weighted by molar-refractivity contribution is 5.75. The van der Waals surface area contributed by atoms with Crippen molar-refractivity contribution in [1.29, 1.82) is 0 Å². The molecule has 0 aliphatic heterocycles. The minimum Gasteiger partial charge on any atom is -0.396 e. The first-order chi connectivity index (χ1) is 4.91. The lowest BCUT2D eigenvalue weighted by molar-refractivity contribution is 0.282. The summed E-state index contributed by atoms with van der Waals surface area (Å²) in [6.45, 7) is 2.60. The fourth-order valence-corrected chi connectivity index (χ4v) is 1.07. The Morgan fingerprint density at radius 1 is 0.818 bits per heavy atom. The van der Waals surface area contributed by atoms with Gasteiger partial charge < -0.3 is 5.11 Å². The zero-order valence-electron chi connectivity index (χ0n) is 7.10. The average molecular weight is 171 g/mol. The highest BCUT2D eigenvalue weighted by Gasteiger charge is 1.88. The van der Waals surface area contributed by atoms with Crippen molar-refractivity contribution < 1.29 is 5.11 Å². The largest absolute Gasteiger partial charge is 0.396 e. The number of aliphatic hydroxyl groups excluding tert-OH is 1. The van der Waals surface area contributed by atoms with Gasteiger partial charge in [0.05, 0.1) is 0 Å². The molecule has 0 spiro atoms. The standard InChI is InChI=1S/C9H20O.Mg.2H/c1-2-3-4-5-6-7-8-9-10;;;/h10H,2-9H2,1H3;;;. The molecular formula is C9H22MgO. The van der Waals surface area contributed by atoms with Crippen LogP contribution in [0.4, 0.5) is 0 Å². The third-order valence-corrected chi connectivity index (χ3v) is 1.76. The third kappa shape index (κ3) is 13.7. The predicted molar refractivity (Wildman–Crippen MR) is 53.6 cm³/mol. The van der Waals surface area contributed by atoms with Crippen LogP contribution in [0.15, 0.2) is 0 Å². The predicted octanol–water partition coefficient (Wildman–Crippen LogP) is 1.81. The van der Waals surface area contributed by atoms with Gasteiger partial charge in [-0.3, -0.25) is 0 Å². The molecule has 0 saturated heterocycles. The summed E-state index contributed by atoms with van der Waals surface area (Å²) in [5.74, 6) is 0. The van der Waals surface area contributed by atoms with Crippen molar-refractivity contribution in [2.75, 3.05) is 6.61 Å². The number of unbranched alkanes of at least 4 members (excludes halogenated alkanes) is 6. The highest BCUT2D eigenvalue weighted by atomic mass is 24.3. The van der Waals surface area contributed by atoms with Crippen LogP contribution in [0.25, 0.3) is 0 Å². The monoisotopic (exact) mass is 170 g/mol. The molecule has 11 heavy (non-hydrogen) atoms. The maximum absolute atomic E-state index is 8.47. The first-order valence-corrected chi connectivity index (χ1v) is 4.52. The van der Waals surface area contributed by atoms with Gasteiger partial charge in [-0.25, -0.2) is 0 Å². The van der Waals surface area contributed by atoms with E-state index in [1.807, 2.05) is 0 Å². The number of rotatable bonds is 7. The molecule has 1 nitrogen and oxygen atoms in total. The molecule has 0 aliphatic carbocycles. The molecule has 66 valence electrons. The first-order valence-electron chi connectivity index (χ1n) is 4.52. The van der Waals surface area contributed by atoms with E-state index in [0.29, 0.717) is 6.61 Å². The molecule has 0 radical (unpaired) electrons. The summed E-state index contributed by atoms with van der Waals surface area (Å²) in [4.78, 5) is 0. The smallest absolute Gasteiger partial charge is 0.316 e. The van der Waals surface area contributed by atoms with Crippen LogP contribution >= 0.6 is 0 Å². The van der Waals surface area contributed by atoms with Gasteiger partial charge in [-0.1, -0.05) is 45.4 Å². The molecule has 0 heterocycles. The number of hydrogen-bond donors (Lipinski definition) is 1. The summed E-state index contributed by atoms with van der Waals surface area (Å²) in [5.41, 5.74) is 0. The topological polar surface area (TPSA) is 20.2 Å². The second-order valence-electron chi connectivity index (χ2n) is 2.84. The molecule has 1 N–H and O–H groups in total. The molecular weight excluding hydrogens is 148 g/mol. The van der Waals surface area contributed by atoms with Crippen LogP contribution < -0.4 is 0 Å². The Morgan fingerprint density at radius 3 is 1.73 bits per heavy atom. The molecule has 0 saturated carbocycles. The molecule has 0 bridgehead atoms. The van der Waals surface area contributed by atoms with E-state index in [9.17, 15) is 0 Å². The summed E-state index contributed by atoms with van der Waals surface area (Å²) in [5, 5.41) is 8.47. The molecule has 0 aromatic rings. The van der Waals surface area contributed by atoms with E-state index in [-0.39, 0.29) is 23.1 Å². The van der Waals surface area contributed by atoms with Gasteiger partial charge in [0.25, 0.3) is 0 Å². The molecule has 2 heteroatoms. The lowest BCUT2D eigenvalue weighted by Gasteiger charge is -1.97. The number of hydrogen-bond acceptors (Lipinski definition) is 1. The quantitative estimate of drug-likeness (QED) is 0.457. The fourth-order valence-electron chi connectivity index (χ4n) is 1.07. The maximum Gasteiger partial charge on any atom is 0.316 e. The van der Waals surface area contributed by atoms with Crippen LogP contribution in [-0.4, -0.2) is 34.8 Å². The van der Waals surface area contributed by atoms with Crippen molar-refractivity contribution >= 4 is 23.1 Å². The maximum atomic E-state index is 8.47. The lowest BCUT2D eigenvalue weighted by Crippen LogP contribution is -1.83. The van der Waals surface area contributed by atoms with E-state index in [1.165, 1.54) is 38.5 Å². The Labute approximate surface area is 86.7 Å². The molecule has 0 atom stereocenters. The van der Waals surface area contributed by atoms with E-state index in [2.05, 4.69) is 6.92 Å². The molecule has 0 rings (SSSR count). The molecule has 0 aromatic heterocycles. The van der Waals surface area contributed by atoms with E-state index < -0.39 is 0 Å². The molecule has 0 aromatic carbocycles. The third-order valence-electron chi connectivity index (χ3n) is 1.76. The summed E-state index contributed by atoms with van der Waals surface area (Å²) in [7, 11) is 0. The van der Waals surface area contributed by atoms with E-state index in [1.54, 1.807) is 0 Å².